The summed E-state index contributed by atoms with van der Waals surface area (Å²) < 4.78 is 59.3. The highest BCUT2D eigenvalue weighted by molar-refractivity contribution is 5.72. The van der Waals surface area contributed by atoms with Crippen LogP contribution < -0.4 is 9.47 Å². The molecule has 0 saturated heterocycles. The van der Waals surface area contributed by atoms with E-state index < -0.39 is 36.1 Å². The van der Waals surface area contributed by atoms with Gasteiger partial charge in [-0.1, -0.05) is 12.1 Å². The molecule has 1 aliphatic rings. The lowest BCUT2D eigenvalue weighted by molar-refractivity contribution is -0.391. The van der Waals surface area contributed by atoms with Crippen LogP contribution in [0.15, 0.2) is 18.2 Å². The average Bonchev–Trinajstić information content (AvgIpc) is 2.19. The molecule has 0 saturated carbocycles. The van der Waals surface area contributed by atoms with Gasteiger partial charge >= 0.3 is 18.2 Å². The zero-order valence-electron chi connectivity index (χ0n) is 8.62. The number of aliphatic carboxylic acids is 1. The molecule has 1 aliphatic heterocycles. The molecule has 8 heteroatoms. The van der Waals surface area contributed by atoms with E-state index >= 15 is 0 Å². The maximum atomic E-state index is 12.9. The lowest BCUT2D eigenvalue weighted by atomic mass is 10.1. The van der Waals surface area contributed by atoms with Crippen molar-refractivity contribution in [2.45, 2.75) is 18.6 Å². The molecule has 0 atom stereocenters. The van der Waals surface area contributed by atoms with Gasteiger partial charge in [0.1, 0.15) is 0 Å². The van der Waals surface area contributed by atoms with E-state index in [9.17, 15) is 22.4 Å². The molecule has 0 spiro atoms. The molecule has 0 fully saturated rings. The highest BCUT2D eigenvalue weighted by atomic mass is 19.3. The molecular weight excluding hydrogens is 260 g/mol. The van der Waals surface area contributed by atoms with Gasteiger partial charge in [-0.3, -0.25) is 4.79 Å². The summed E-state index contributed by atoms with van der Waals surface area (Å²) in [7, 11) is 0. The van der Waals surface area contributed by atoms with Gasteiger partial charge in [-0.25, -0.2) is 0 Å². The van der Waals surface area contributed by atoms with Crippen LogP contribution in [0.2, 0.25) is 0 Å². The van der Waals surface area contributed by atoms with Crippen molar-refractivity contribution >= 4 is 5.97 Å². The Labute approximate surface area is 97.7 Å². The van der Waals surface area contributed by atoms with Crippen LogP contribution in [0.25, 0.3) is 0 Å². The lowest BCUT2D eigenvalue weighted by Crippen LogP contribution is -2.52. The van der Waals surface area contributed by atoms with Crippen LogP contribution in [-0.2, 0) is 11.2 Å². The van der Waals surface area contributed by atoms with Crippen molar-refractivity contribution in [1.82, 2.24) is 0 Å². The summed E-state index contributed by atoms with van der Waals surface area (Å²) in [6.07, 6.45) is -10.3. The molecule has 1 heterocycles. The van der Waals surface area contributed by atoms with Gasteiger partial charge in [-0.2, -0.15) is 17.6 Å². The molecule has 1 aromatic carbocycles. The predicted molar refractivity (Wildman–Crippen MR) is 48.9 cm³/mol. The molecule has 1 aromatic rings. The summed E-state index contributed by atoms with van der Waals surface area (Å²) in [6, 6.07) is 3.37. The van der Waals surface area contributed by atoms with Gasteiger partial charge in [0.2, 0.25) is 0 Å². The first-order valence-electron chi connectivity index (χ1n) is 4.70. The fourth-order valence-corrected chi connectivity index (χ4v) is 1.44. The van der Waals surface area contributed by atoms with Gasteiger partial charge < -0.3 is 14.6 Å². The first-order chi connectivity index (χ1) is 8.23. The lowest BCUT2D eigenvalue weighted by Gasteiger charge is -2.32. The molecule has 1 N–H and O–H groups in total. The average molecular weight is 266 g/mol. The third kappa shape index (κ3) is 1.93. The minimum atomic E-state index is -4.85. The Hall–Kier alpha value is -1.99. The summed E-state index contributed by atoms with van der Waals surface area (Å²) >= 11 is 0. The molecule has 4 nitrogen and oxygen atoms in total. The van der Waals surface area contributed by atoms with E-state index in [2.05, 4.69) is 9.47 Å². The van der Waals surface area contributed by atoms with E-state index in [1.54, 1.807) is 0 Å². The van der Waals surface area contributed by atoms with Crippen molar-refractivity contribution in [2.24, 2.45) is 0 Å². The Morgan fingerprint density at radius 3 is 2.39 bits per heavy atom. The van der Waals surface area contributed by atoms with Crippen LogP contribution in [-0.4, -0.2) is 23.3 Å². The second-order valence-electron chi connectivity index (χ2n) is 3.55. The van der Waals surface area contributed by atoms with Gasteiger partial charge in [-0.05, 0) is 6.07 Å². The van der Waals surface area contributed by atoms with Crippen LogP contribution in [0.4, 0.5) is 17.6 Å². The minimum absolute atomic E-state index is 0.171. The van der Waals surface area contributed by atoms with Crippen LogP contribution >= 0.6 is 0 Å². The Kier molecular flexibility index (Phi) is 2.60. The molecule has 0 radical (unpaired) electrons. The Morgan fingerprint density at radius 2 is 1.78 bits per heavy atom. The number of ether oxygens (including phenoxy) is 2. The Bertz CT molecular complexity index is 501. The Morgan fingerprint density at radius 1 is 1.17 bits per heavy atom. The van der Waals surface area contributed by atoms with Crippen molar-refractivity contribution in [3.63, 3.8) is 0 Å². The molecule has 0 unspecified atom stereocenters. The first kappa shape index (κ1) is 12.5. The number of carboxylic acids is 1. The third-order valence-corrected chi connectivity index (χ3v) is 2.21. The van der Waals surface area contributed by atoms with Crippen LogP contribution in [0.1, 0.15) is 5.56 Å². The Balaban J connectivity index is 2.46. The SMILES string of the molecule is O=C(O)Cc1cccc2c1OC(F)(F)C(F)(F)O2. The normalized spacial score (nSPS) is 19.3. The van der Waals surface area contributed by atoms with Crippen molar-refractivity contribution in [1.29, 1.82) is 0 Å². The fraction of sp³-hybridized carbons (Fsp3) is 0.300. The number of carboxylic acid groups (broad SMARTS) is 1. The monoisotopic (exact) mass is 266 g/mol. The van der Waals surface area contributed by atoms with Gasteiger partial charge in [0.05, 0.1) is 6.42 Å². The van der Waals surface area contributed by atoms with Crippen LogP contribution in [0, 0.1) is 0 Å². The first-order valence-corrected chi connectivity index (χ1v) is 4.70. The predicted octanol–water partition coefficient (Wildman–Crippen LogP) is 2.27. The molecule has 2 rings (SSSR count). The third-order valence-electron chi connectivity index (χ3n) is 2.21. The number of benzene rings is 1. The quantitative estimate of drug-likeness (QED) is 0.834. The van der Waals surface area contributed by atoms with Crippen LogP contribution in [0.3, 0.4) is 0 Å². The van der Waals surface area contributed by atoms with Crippen molar-refractivity contribution in [3.05, 3.63) is 23.8 Å². The summed E-state index contributed by atoms with van der Waals surface area (Å²) in [4.78, 5) is 10.5. The van der Waals surface area contributed by atoms with Crippen molar-refractivity contribution in [2.75, 3.05) is 0 Å². The number of hydrogen-bond acceptors (Lipinski definition) is 3. The highest BCUT2D eigenvalue weighted by Gasteiger charge is 2.66. The molecule has 0 amide bonds. The van der Waals surface area contributed by atoms with E-state index in [1.807, 2.05) is 0 Å². The van der Waals surface area contributed by atoms with Gasteiger partial charge in [0.15, 0.2) is 11.5 Å². The number of alkyl halides is 4. The molecular formula is C10H6F4O4. The summed E-state index contributed by atoms with van der Waals surface area (Å²) in [5.74, 6) is -2.62. The molecule has 0 aliphatic carbocycles. The largest absolute Gasteiger partial charge is 0.507 e. The highest BCUT2D eigenvalue weighted by Crippen LogP contribution is 2.48. The van der Waals surface area contributed by atoms with Crippen LogP contribution in [0.5, 0.6) is 11.5 Å². The van der Waals surface area contributed by atoms with E-state index in [-0.39, 0.29) is 5.56 Å². The molecule has 98 valence electrons. The van der Waals surface area contributed by atoms with Gasteiger partial charge in [-0.15, -0.1) is 0 Å². The minimum Gasteiger partial charge on any atom is -0.481 e. The maximum Gasteiger partial charge on any atom is 0.507 e. The van der Waals surface area contributed by atoms with Gasteiger partial charge in [0.25, 0.3) is 0 Å². The molecule has 18 heavy (non-hydrogen) atoms. The summed E-state index contributed by atoms with van der Waals surface area (Å²) in [5, 5.41) is 8.57. The standard InChI is InChI=1S/C10H6F4O4/c11-9(12)10(13,14)18-8-5(4-7(15)16)2-1-3-6(8)17-9/h1-3H,4H2,(H,15,16). The number of carbonyl (C=O) groups is 1. The van der Waals surface area contributed by atoms with Crippen molar-refractivity contribution in [3.8, 4) is 11.5 Å². The van der Waals surface area contributed by atoms with Gasteiger partial charge in [0, 0.05) is 5.56 Å². The zero-order valence-corrected chi connectivity index (χ0v) is 8.62. The summed E-state index contributed by atoms with van der Waals surface area (Å²) in [5.41, 5.74) is -0.171. The summed E-state index contributed by atoms with van der Waals surface area (Å²) in [6.45, 7) is 0. The zero-order chi connectivity index (χ0) is 13.6. The van der Waals surface area contributed by atoms with Crippen molar-refractivity contribution < 1.29 is 36.9 Å². The number of halogens is 4. The number of fused-ring (bicyclic) bond motifs is 1. The molecule has 0 bridgehead atoms. The maximum absolute atomic E-state index is 12.9. The number of rotatable bonds is 2. The second-order valence-corrected chi connectivity index (χ2v) is 3.55. The van der Waals surface area contributed by atoms with E-state index in [0.29, 0.717) is 0 Å². The topological polar surface area (TPSA) is 55.8 Å². The fourth-order valence-electron chi connectivity index (χ4n) is 1.44. The van der Waals surface area contributed by atoms with E-state index in [1.165, 1.54) is 12.1 Å². The van der Waals surface area contributed by atoms with E-state index in [0.717, 1.165) is 6.07 Å². The number of hydrogen-bond donors (Lipinski definition) is 1. The molecule has 0 aromatic heterocycles. The smallest absolute Gasteiger partial charge is 0.481 e. The second kappa shape index (κ2) is 3.76. The van der Waals surface area contributed by atoms with E-state index in [4.69, 9.17) is 5.11 Å². The number of para-hydroxylation sites is 1.